The average molecular weight is 170 g/mol. The van der Waals surface area contributed by atoms with Gasteiger partial charge in [0.15, 0.2) is 0 Å². The molecule has 4 heteroatoms. The normalized spacial score (nSPS) is 8.42. The molecule has 0 atom stereocenters. The monoisotopic (exact) mass is 170 g/mol. The quantitative estimate of drug-likeness (QED) is 0.603. The van der Waals surface area contributed by atoms with Crippen LogP contribution in [0.1, 0.15) is 13.8 Å². The summed E-state index contributed by atoms with van der Waals surface area (Å²) in [5, 5.41) is 17.1. The van der Waals surface area contributed by atoms with E-state index in [1.54, 1.807) is 0 Å². The maximum atomic E-state index is 12.2. The lowest BCUT2D eigenvalue weighted by atomic mass is 9.80. The van der Waals surface area contributed by atoms with Gasteiger partial charge in [0.2, 0.25) is 0 Å². The minimum atomic E-state index is -1.51. The SMILES string of the molecule is CC.OB(O)c1ccc(F)cc1. The van der Waals surface area contributed by atoms with E-state index in [1.165, 1.54) is 24.3 Å². The van der Waals surface area contributed by atoms with Crippen molar-refractivity contribution in [3.8, 4) is 0 Å². The fourth-order valence-corrected chi connectivity index (χ4v) is 0.635. The second-order valence-corrected chi connectivity index (χ2v) is 1.93. The van der Waals surface area contributed by atoms with Crippen molar-refractivity contribution in [2.45, 2.75) is 13.8 Å². The average Bonchev–Trinajstić information content (AvgIpc) is 2.09. The summed E-state index contributed by atoms with van der Waals surface area (Å²) in [5.74, 6) is -0.385. The van der Waals surface area contributed by atoms with Gasteiger partial charge in [-0.2, -0.15) is 0 Å². The van der Waals surface area contributed by atoms with E-state index in [2.05, 4.69) is 0 Å². The predicted molar refractivity (Wildman–Crippen MR) is 47.6 cm³/mol. The summed E-state index contributed by atoms with van der Waals surface area (Å²) >= 11 is 0. The lowest BCUT2D eigenvalue weighted by Crippen LogP contribution is -2.29. The first kappa shape index (κ1) is 11.1. The number of halogens is 1. The molecule has 2 nitrogen and oxygen atoms in total. The third-order valence-corrected chi connectivity index (χ3v) is 1.17. The van der Waals surface area contributed by atoms with Crippen LogP contribution in [-0.4, -0.2) is 17.2 Å². The van der Waals surface area contributed by atoms with Crippen molar-refractivity contribution in [1.82, 2.24) is 0 Å². The van der Waals surface area contributed by atoms with E-state index in [0.29, 0.717) is 5.46 Å². The molecular formula is C8H12BFO2. The molecule has 2 N–H and O–H groups in total. The van der Waals surface area contributed by atoms with Crippen molar-refractivity contribution in [2.75, 3.05) is 0 Å². The van der Waals surface area contributed by atoms with Crippen molar-refractivity contribution in [2.24, 2.45) is 0 Å². The van der Waals surface area contributed by atoms with Crippen LogP contribution < -0.4 is 5.46 Å². The third kappa shape index (κ3) is 3.50. The van der Waals surface area contributed by atoms with Crippen LogP contribution >= 0.6 is 0 Å². The van der Waals surface area contributed by atoms with Gasteiger partial charge in [-0.15, -0.1) is 0 Å². The van der Waals surface area contributed by atoms with Gasteiger partial charge in [0.25, 0.3) is 0 Å². The number of rotatable bonds is 1. The Kier molecular flexibility index (Phi) is 5.33. The highest BCUT2D eigenvalue weighted by atomic mass is 19.1. The van der Waals surface area contributed by atoms with Crippen molar-refractivity contribution < 1.29 is 14.4 Å². The van der Waals surface area contributed by atoms with Gasteiger partial charge in [-0.1, -0.05) is 26.0 Å². The van der Waals surface area contributed by atoms with Gasteiger partial charge in [0.1, 0.15) is 5.82 Å². The molecule has 0 spiro atoms. The second-order valence-electron chi connectivity index (χ2n) is 1.93. The van der Waals surface area contributed by atoms with Crippen LogP contribution in [0, 0.1) is 5.82 Å². The zero-order chi connectivity index (χ0) is 9.56. The van der Waals surface area contributed by atoms with Gasteiger partial charge in [-0.05, 0) is 17.6 Å². The summed E-state index contributed by atoms with van der Waals surface area (Å²) in [4.78, 5) is 0. The fraction of sp³-hybridized carbons (Fsp3) is 0.250. The Morgan fingerprint density at radius 2 is 1.50 bits per heavy atom. The second kappa shape index (κ2) is 5.74. The van der Waals surface area contributed by atoms with Gasteiger partial charge in [-0.25, -0.2) is 4.39 Å². The highest BCUT2D eigenvalue weighted by Gasteiger charge is 2.08. The molecule has 0 aromatic heterocycles. The Morgan fingerprint density at radius 1 is 1.08 bits per heavy atom. The van der Waals surface area contributed by atoms with Crippen molar-refractivity contribution in [3.63, 3.8) is 0 Å². The van der Waals surface area contributed by atoms with Crippen LogP contribution in [0.2, 0.25) is 0 Å². The Hall–Kier alpha value is -0.865. The molecule has 0 aliphatic rings. The van der Waals surface area contributed by atoms with Gasteiger partial charge < -0.3 is 10.0 Å². The van der Waals surface area contributed by atoms with E-state index in [0.717, 1.165) is 0 Å². The third-order valence-electron chi connectivity index (χ3n) is 1.17. The maximum absolute atomic E-state index is 12.2. The van der Waals surface area contributed by atoms with Crippen molar-refractivity contribution in [3.05, 3.63) is 30.1 Å². The van der Waals surface area contributed by atoms with Crippen molar-refractivity contribution >= 4 is 12.6 Å². The van der Waals surface area contributed by atoms with Gasteiger partial charge >= 0.3 is 7.12 Å². The van der Waals surface area contributed by atoms with Crippen LogP contribution in [0.15, 0.2) is 24.3 Å². The highest BCUT2D eigenvalue weighted by Crippen LogP contribution is 1.92. The molecule has 0 unspecified atom stereocenters. The summed E-state index contributed by atoms with van der Waals surface area (Å²) < 4.78 is 12.2. The molecule has 0 saturated carbocycles. The Balaban J connectivity index is 0.000000561. The Morgan fingerprint density at radius 3 is 1.83 bits per heavy atom. The Bertz CT molecular complexity index is 211. The standard InChI is InChI=1S/C6H6BFO2.C2H6/c8-6-3-1-5(2-4-6)7(9)10;1-2/h1-4,9-10H;1-2H3. The highest BCUT2D eigenvalue weighted by molar-refractivity contribution is 6.58. The van der Waals surface area contributed by atoms with Crippen LogP contribution in [0.25, 0.3) is 0 Å². The molecular weight excluding hydrogens is 158 g/mol. The summed E-state index contributed by atoms with van der Waals surface area (Å²) in [7, 11) is -1.51. The van der Waals surface area contributed by atoms with Crippen LogP contribution in [0.3, 0.4) is 0 Å². The molecule has 0 fully saturated rings. The van der Waals surface area contributed by atoms with Gasteiger partial charge in [0.05, 0.1) is 0 Å². The molecule has 1 aromatic carbocycles. The number of hydrogen-bond acceptors (Lipinski definition) is 2. The zero-order valence-electron chi connectivity index (χ0n) is 7.16. The van der Waals surface area contributed by atoms with Crippen molar-refractivity contribution in [1.29, 1.82) is 0 Å². The first-order chi connectivity index (χ1) is 5.70. The number of benzene rings is 1. The van der Waals surface area contributed by atoms with Gasteiger partial charge in [0, 0.05) is 0 Å². The zero-order valence-corrected chi connectivity index (χ0v) is 7.16. The Labute approximate surface area is 71.8 Å². The largest absolute Gasteiger partial charge is 0.488 e. The molecule has 0 heterocycles. The summed E-state index contributed by atoms with van der Waals surface area (Å²) in [6.45, 7) is 4.00. The van der Waals surface area contributed by atoms with E-state index in [-0.39, 0.29) is 5.82 Å². The van der Waals surface area contributed by atoms with E-state index < -0.39 is 7.12 Å². The topological polar surface area (TPSA) is 40.5 Å². The smallest absolute Gasteiger partial charge is 0.423 e. The molecule has 1 aromatic rings. The molecule has 0 aliphatic carbocycles. The maximum Gasteiger partial charge on any atom is 0.488 e. The van der Waals surface area contributed by atoms with Gasteiger partial charge in [-0.3, -0.25) is 0 Å². The fourth-order valence-electron chi connectivity index (χ4n) is 0.635. The first-order valence-corrected chi connectivity index (χ1v) is 3.82. The summed E-state index contributed by atoms with van der Waals surface area (Å²) in [6, 6.07) is 4.99. The molecule has 0 radical (unpaired) electrons. The minimum Gasteiger partial charge on any atom is -0.423 e. The van der Waals surface area contributed by atoms with E-state index >= 15 is 0 Å². The molecule has 0 bridgehead atoms. The predicted octanol–water partition coefficient (Wildman–Crippen LogP) is 0.532. The molecule has 1 rings (SSSR count). The molecule has 66 valence electrons. The first-order valence-electron chi connectivity index (χ1n) is 3.82. The van der Waals surface area contributed by atoms with Crippen LogP contribution in [0.5, 0.6) is 0 Å². The molecule has 0 saturated heterocycles. The van der Waals surface area contributed by atoms with Crippen LogP contribution in [-0.2, 0) is 0 Å². The lowest BCUT2D eigenvalue weighted by Gasteiger charge is -1.95. The van der Waals surface area contributed by atoms with Crippen LogP contribution in [0.4, 0.5) is 4.39 Å². The molecule has 0 amide bonds. The lowest BCUT2D eigenvalue weighted by molar-refractivity contribution is 0.425. The number of hydrogen-bond donors (Lipinski definition) is 2. The van der Waals surface area contributed by atoms with E-state index in [9.17, 15) is 4.39 Å². The summed E-state index contributed by atoms with van der Waals surface area (Å²) in [6.07, 6.45) is 0. The van der Waals surface area contributed by atoms with E-state index in [4.69, 9.17) is 10.0 Å². The minimum absolute atomic E-state index is 0.293. The molecule has 12 heavy (non-hydrogen) atoms. The summed E-state index contributed by atoms with van der Waals surface area (Å²) in [5.41, 5.74) is 0.293. The molecule has 0 aliphatic heterocycles. The van der Waals surface area contributed by atoms with E-state index in [1.807, 2.05) is 13.8 Å².